The molecule has 0 aliphatic heterocycles. The summed E-state index contributed by atoms with van der Waals surface area (Å²) in [5.74, 6) is 0.668. The number of anilines is 1. The van der Waals surface area contributed by atoms with Gasteiger partial charge in [0.1, 0.15) is 5.76 Å². The first-order valence-corrected chi connectivity index (χ1v) is 7.03. The smallest absolute Gasteiger partial charge is 0.266 e. The van der Waals surface area contributed by atoms with Crippen LogP contribution in [0.1, 0.15) is 22.5 Å². The summed E-state index contributed by atoms with van der Waals surface area (Å²) in [6.07, 6.45) is 1.60. The Morgan fingerprint density at radius 1 is 1.30 bits per heavy atom. The van der Waals surface area contributed by atoms with E-state index in [9.17, 15) is 5.11 Å². The van der Waals surface area contributed by atoms with E-state index in [2.05, 4.69) is 43.2 Å². The van der Waals surface area contributed by atoms with Gasteiger partial charge in [-0.2, -0.15) is 0 Å². The monoisotopic (exact) mass is 292 g/mol. The van der Waals surface area contributed by atoms with Gasteiger partial charge in [0.2, 0.25) is 0 Å². The Balaban J connectivity index is 1.96. The lowest BCUT2D eigenvalue weighted by Crippen LogP contribution is -2.22. The van der Waals surface area contributed by atoms with Crippen LogP contribution in [0.2, 0.25) is 0 Å². The van der Waals surface area contributed by atoms with Crippen molar-refractivity contribution in [1.82, 2.24) is 4.98 Å². The maximum atomic E-state index is 10.0. The average Bonchev–Trinajstić information content (AvgIpc) is 2.73. The van der Waals surface area contributed by atoms with Crippen molar-refractivity contribution in [3.63, 3.8) is 0 Å². The van der Waals surface area contributed by atoms with Crippen molar-refractivity contribution in [2.75, 3.05) is 11.9 Å². The molecule has 1 unspecified atom stereocenters. The fourth-order valence-corrected chi connectivity index (χ4v) is 2.57. The predicted octanol–water partition coefficient (Wildman–Crippen LogP) is 3.28. The number of oxazole rings is 1. The van der Waals surface area contributed by atoms with Crippen molar-refractivity contribution >= 4 is 17.9 Å². The van der Waals surface area contributed by atoms with Gasteiger partial charge in [0.15, 0.2) is 0 Å². The summed E-state index contributed by atoms with van der Waals surface area (Å²) < 4.78 is 5.24. The maximum absolute atomic E-state index is 10.0. The third kappa shape index (κ3) is 3.71. The molecule has 2 aromatic rings. The van der Waals surface area contributed by atoms with E-state index in [0.29, 0.717) is 23.6 Å². The highest BCUT2D eigenvalue weighted by Crippen LogP contribution is 2.21. The minimum absolute atomic E-state index is 0.338. The summed E-state index contributed by atoms with van der Waals surface area (Å²) in [6, 6.07) is 4.26. The minimum Gasteiger partial charge on any atom is -0.435 e. The molecule has 1 atom stereocenters. The van der Waals surface area contributed by atoms with Gasteiger partial charge < -0.3 is 19.8 Å². The standard InChI is InChI=1S/C15H20N2O2S/c1-9-4-10(2)14(11(3)5-9)16-7-12(18)6-13-8-17-15(20)19-13/h4-5,8,12,16,18H,6-7H2,1-3H3,(H,17,20). The van der Waals surface area contributed by atoms with E-state index >= 15 is 0 Å². The van der Waals surface area contributed by atoms with E-state index in [0.717, 1.165) is 5.69 Å². The van der Waals surface area contributed by atoms with E-state index in [4.69, 9.17) is 16.6 Å². The number of H-pyrrole nitrogens is 1. The van der Waals surface area contributed by atoms with Gasteiger partial charge in [-0.05, 0) is 44.1 Å². The Morgan fingerprint density at radius 2 is 1.95 bits per heavy atom. The molecule has 0 aliphatic rings. The van der Waals surface area contributed by atoms with Crippen molar-refractivity contribution in [2.45, 2.75) is 33.3 Å². The molecule has 1 heterocycles. The van der Waals surface area contributed by atoms with Crippen LogP contribution in [-0.2, 0) is 6.42 Å². The topological polar surface area (TPSA) is 61.2 Å². The molecule has 0 radical (unpaired) electrons. The number of nitrogens with one attached hydrogen (secondary N) is 2. The number of benzene rings is 1. The molecule has 0 bridgehead atoms. The van der Waals surface area contributed by atoms with E-state index in [1.807, 2.05) is 0 Å². The van der Waals surface area contributed by atoms with Crippen LogP contribution in [0, 0.1) is 25.6 Å². The van der Waals surface area contributed by atoms with Crippen molar-refractivity contribution in [3.05, 3.63) is 45.6 Å². The molecule has 1 aromatic heterocycles. The molecular formula is C15H20N2O2S. The fourth-order valence-electron chi connectivity index (χ4n) is 2.40. The summed E-state index contributed by atoms with van der Waals surface area (Å²) in [6.45, 7) is 6.69. The van der Waals surface area contributed by atoms with Crippen molar-refractivity contribution in [2.24, 2.45) is 0 Å². The van der Waals surface area contributed by atoms with Crippen molar-refractivity contribution in [1.29, 1.82) is 0 Å². The van der Waals surface area contributed by atoms with Gasteiger partial charge >= 0.3 is 0 Å². The quantitative estimate of drug-likeness (QED) is 0.740. The Hall–Kier alpha value is -1.59. The zero-order valence-electron chi connectivity index (χ0n) is 12.0. The number of aromatic nitrogens is 1. The Morgan fingerprint density at radius 3 is 2.50 bits per heavy atom. The van der Waals surface area contributed by atoms with Gasteiger partial charge in [-0.3, -0.25) is 0 Å². The largest absolute Gasteiger partial charge is 0.435 e. The third-order valence-electron chi connectivity index (χ3n) is 3.20. The summed E-state index contributed by atoms with van der Waals surface area (Å²) >= 11 is 4.85. The van der Waals surface area contributed by atoms with Crippen LogP contribution in [0.15, 0.2) is 22.7 Å². The van der Waals surface area contributed by atoms with Crippen LogP contribution >= 0.6 is 12.2 Å². The summed E-state index contributed by atoms with van der Waals surface area (Å²) in [5, 5.41) is 13.3. The Labute approximate surface area is 123 Å². The third-order valence-corrected chi connectivity index (χ3v) is 3.40. The zero-order chi connectivity index (χ0) is 14.7. The molecule has 5 heteroatoms. The van der Waals surface area contributed by atoms with Gasteiger partial charge in [0.25, 0.3) is 4.84 Å². The molecular weight excluding hydrogens is 272 g/mol. The van der Waals surface area contributed by atoms with Gasteiger partial charge in [-0.15, -0.1) is 0 Å². The molecule has 0 aliphatic carbocycles. The molecule has 3 N–H and O–H groups in total. The number of hydrogen-bond acceptors (Lipinski definition) is 4. The zero-order valence-corrected chi connectivity index (χ0v) is 12.8. The number of rotatable bonds is 5. The van der Waals surface area contributed by atoms with Gasteiger partial charge in [0, 0.05) is 24.8 Å². The highest BCUT2D eigenvalue weighted by atomic mass is 32.1. The first-order valence-electron chi connectivity index (χ1n) is 6.63. The van der Waals surface area contributed by atoms with Gasteiger partial charge in [-0.1, -0.05) is 17.7 Å². The summed E-state index contributed by atoms with van der Waals surface area (Å²) in [4.78, 5) is 3.13. The molecule has 108 valence electrons. The molecule has 4 nitrogen and oxygen atoms in total. The highest BCUT2D eigenvalue weighted by Gasteiger charge is 2.10. The highest BCUT2D eigenvalue weighted by molar-refractivity contribution is 7.71. The van der Waals surface area contributed by atoms with Crippen LogP contribution in [0.4, 0.5) is 5.69 Å². The van der Waals surface area contributed by atoms with E-state index in [1.54, 1.807) is 6.20 Å². The molecule has 0 spiro atoms. The van der Waals surface area contributed by atoms with E-state index in [1.165, 1.54) is 16.7 Å². The summed E-state index contributed by atoms with van der Waals surface area (Å²) in [5.41, 5.74) is 4.71. The molecule has 0 fully saturated rings. The van der Waals surface area contributed by atoms with Gasteiger partial charge in [0.05, 0.1) is 6.10 Å². The lowest BCUT2D eigenvalue weighted by atomic mass is 10.0. The molecule has 2 rings (SSSR count). The molecule has 0 amide bonds. The summed E-state index contributed by atoms with van der Waals surface area (Å²) in [7, 11) is 0. The average molecular weight is 292 g/mol. The Bertz CT molecular complexity index is 622. The molecule has 0 saturated carbocycles. The van der Waals surface area contributed by atoms with Gasteiger partial charge in [-0.25, -0.2) is 0 Å². The fraction of sp³-hybridized carbons (Fsp3) is 0.400. The molecule has 1 aromatic carbocycles. The second-order valence-corrected chi connectivity index (χ2v) is 5.53. The van der Waals surface area contributed by atoms with Crippen molar-refractivity contribution in [3.8, 4) is 0 Å². The molecule has 20 heavy (non-hydrogen) atoms. The first kappa shape index (κ1) is 14.8. The second-order valence-electron chi connectivity index (χ2n) is 5.16. The number of aromatic amines is 1. The van der Waals surface area contributed by atoms with Crippen molar-refractivity contribution < 1.29 is 9.52 Å². The van der Waals surface area contributed by atoms with Crippen LogP contribution in [0.5, 0.6) is 0 Å². The van der Waals surface area contributed by atoms with Crippen LogP contribution < -0.4 is 5.32 Å². The number of aliphatic hydroxyl groups is 1. The maximum Gasteiger partial charge on any atom is 0.266 e. The first-order chi connectivity index (χ1) is 9.45. The predicted molar refractivity (Wildman–Crippen MR) is 82.7 cm³/mol. The van der Waals surface area contributed by atoms with E-state index in [-0.39, 0.29) is 0 Å². The SMILES string of the molecule is Cc1cc(C)c(NCC(O)Cc2c[nH]c(=S)o2)c(C)c1. The van der Waals surface area contributed by atoms with Crippen LogP contribution in [0.25, 0.3) is 0 Å². The lowest BCUT2D eigenvalue weighted by Gasteiger charge is -2.16. The lowest BCUT2D eigenvalue weighted by molar-refractivity contribution is 0.180. The van der Waals surface area contributed by atoms with Crippen LogP contribution in [0.3, 0.4) is 0 Å². The normalized spacial score (nSPS) is 12.4. The number of aryl methyl sites for hydroxylation is 3. The minimum atomic E-state index is -0.524. The second kappa shape index (κ2) is 6.24. The van der Waals surface area contributed by atoms with E-state index < -0.39 is 6.10 Å². The number of aliphatic hydroxyl groups excluding tert-OH is 1. The van der Waals surface area contributed by atoms with Crippen LogP contribution in [-0.4, -0.2) is 22.7 Å². The molecule has 0 saturated heterocycles. The Kier molecular flexibility index (Phi) is 4.62. The number of hydrogen-bond donors (Lipinski definition) is 3.